The Morgan fingerprint density at radius 3 is 2.89 bits per heavy atom. The summed E-state index contributed by atoms with van der Waals surface area (Å²) in [6.45, 7) is 0.636. The van der Waals surface area contributed by atoms with Gasteiger partial charge in [-0.2, -0.15) is 0 Å². The van der Waals surface area contributed by atoms with E-state index in [0.29, 0.717) is 6.54 Å². The SMILES string of the molecule is CNCc1cc(F)cc(-n2cnc3ccccc32)c1. The highest BCUT2D eigenvalue weighted by atomic mass is 19.1. The molecule has 0 unspecified atom stereocenters. The molecule has 0 aliphatic carbocycles. The van der Waals surface area contributed by atoms with Crippen LogP contribution in [0, 0.1) is 5.82 Å². The lowest BCUT2D eigenvalue weighted by atomic mass is 10.2. The van der Waals surface area contributed by atoms with E-state index in [-0.39, 0.29) is 5.82 Å². The number of hydrogen-bond donors (Lipinski definition) is 1. The molecule has 1 heterocycles. The summed E-state index contributed by atoms with van der Waals surface area (Å²) in [5.41, 5.74) is 3.58. The van der Waals surface area contributed by atoms with Crippen molar-refractivity contribution in [1.82, 2.24) is 14.9 Å². The maximum atomic E-state index is 13.7. The van der Waals surface area contributed by atoms with Gasteiger partial charge in [0.05, 0.1) is 16.7 Å². The van der Waals surface area contributed by atoms with Crippen LogP contribution in [0.4, 0.5) is 4.39 Å². The number of para-hydroxylation sites is 2. The van der Waals surface area contributed by atoms with Gasteiger partial charge in [0, 0.05) is 6.54 Å². The van der Waals surface area contributed by atoms with Gasteiger partial charge in [-0.05, 0) is 42.9 Å². The largest absolute Gasteiger partial charge is 0.316 e. The van der Waals surface area contributed by atoms with Gasteiger partial charge in [0.15, 0.2) is 0 Å². The Morgan fingerprint density at radius 2 is 2.05 bits per heavy atom. The fraction of sp³-hybridized carbons (Fsp3) is 0.133. The third kappa shape index (κ3) is 2.22. The molecule has 96 valence electrons. The first-order chi connectivity index (χ1) is 9.28. The molecule has 0 saturated heterocycles. The predicted octanol–water partition coefficient (Wildman–Crippen LogP) is 2.88. The molecule has 3 aromatic rings. The summed E-state index contributed by atoms with van der Waals surface area (Å²) in [6.07, 6.45) is 1.72. The van der Waals surface area contributed by atoms with Crippen LogP contribution in [0.2, 0.25) is 0 Å². The Hall–Kier alpha value is -2.20. The topological polar surface area (TPSA) is 29.9 Å². The summed E-state index contributed by atoms with van der Waals surface area (Å²) >= 11 is 0. The molecule has 0 bridgehead atoms. The Balaban J connectivity index is 2.15. The molecule has 3 nitrogen and oxygen atoms in total. The standard InChI is InChI=1S/C15H14FN3/c1-17-9-11-6-12(16)8-13(7-11)19-10-18-14-4-2-3-5-15(14)19/h2-8,10,17H,9H2,1H3. The number of nitrogens with zero attached hydrogens (tertiary/aromatic N) is 2. The quantitative estimate of drug-likeness (QED) is 0.780. The number of fused-ring (bicyclic) bond motifs is 1. The van der Waals surface area contributed by atoms with Crippen LogP contribution in [0.15, 0.2) is 48.8 Å². The van der Waals surface area contributed by atoms with Crippen LogP contribution in [0.3, 0.4) is 0 Å². The first kappa shape index (κ1) is 11.9. The van der Waals surface area contributed by atoms with Crippen molar-refractivity contribution in [3.05, 3.63) is 60.2 Å². The van der Waals surface area contributed by atoms with Crippen molar-refractivity contribution in [3.63, 3.8) is 0 Å². The van der Waals surface area contributed by atoms with Crippen LogP contribution in [0.5, 0.6) is 0 Å². The molecule has 3 rings (SSSR count). The molecule has 4 heteroatoms. The number of hydrogen-bond acceptors (Lipinski definition) is 2. The summed E-state index contributed by atoms with van der Waals surface area (Å²) in [7, 11) is 1.84. The summed E-state index contributed by atoms with van der Waals surface area (Å²) in [6, 6.07) is 12.8. The molecule has 0 fully saturated rings. The number of nitrogens with one attached hydrogen (secondary N) is 1. The third-order valence-electron chi connectivity index (χ3n) is 3.05. The highest BCUT2D eigenvalue weighted by molar-refractivity contribution is 5.77. The van der Waals surface area contributed by atoms with Gasteiger partial charge in [-0.15, -0.1) is 0 Å². The van der Waals surface area contributed by atoms with Gasteiger partial charge in [-0.3, -0.25) is 4.57 Å². The van der Waals surface area contributed by atoms with E-state index in [1.54, 1.807) is 12.4 Å². The molecule has 0 saturated carbocycles. The van der Waals surface area contributed by atoms with E-state index in [1.165, 1.54) is 6.07 Å². The Bertz CT molecular complexity index is 718. The van der Waals surface area contributed by atoms with Crippen LogP contribution in [-0.2, 0) is 6.54 Å². The van der Waals surface area contributed by atoms with Crippen molar-refractivity contribution in [2.45, 2.75) is 6.54 Å². The normalized spacial score (nSPS) is 11.1. The zero-order valence-electron chi connectivity index (χ0n) is 10.6. The minimum absolute atomic E-state index is 0.236. The van der Waals surface area contributed by atoms with Gasteiger partial charge in [-0.25, -0.2) is 9.37 Å². The zero-order valence-corrected chi connectivity index (χ0v) is 10.6. The van der Waals surface area contributed by atoms with Crippen LogP contribution >= 0.6 is 0 Å². The number of imidazole rings is 1. The van der Waals surface area contributed by atoms with Crippen molar-refractivity contribution in [2.24, 2.45) is 0 Å². The number of rotatable bonds is 3. The zero-order chi connectivity index (χ0) is 13.2. The summed E-state index contributed by atoms with van der Waals surface area (Å²) < 4.78 is 15.6. The molecule has 1 aromatic heterocycles. The van der Waals surface area contributed by atoms with Crippen LogP contribution < -0.4 is 5.32 Å². The van der Waals surface area contributed by atoms with Gasteiger partial charge in [0.25, 0.3) is 0 Å². The smallest absolute Gasteiger partial charge is 0.125 e. The lowest BCUT2D eigenvalue weighted by Crippen LogP contribution is -2.06. The molecule has 19 heavy (non-hydrogen) atoms. The fourth-order valence-electron chi connectivity index (χ4n) is 2.24. The molecule has 0 atom stereocenters. The second kappa shape index (κ2) is 4.82. The molecular formula is C15H14FN3. The first-order valence-corrected chi connectivity index (χ1v) is 6.14. The highest BCUT2D eigenvalue weighted by Crippen LogP contribution is 2.20. The van der Waals surface area contributed by atoms with Crippen LogP contribution in [0.1, 0.15) is 5.56 Å². The van der Waals surface area contributed by atoms with Crippen molar-refractivity contribution in [2.75, 3.05) is 7.05 Å². The molecule has 1 N–H and O–H groups in total. The number of benzene rings is 2. The van der Waals surface area contributed by atoms with Gasteiger partial charge < -0.3 is 5.32 Å². The number of aromatic nitrogens is 2. The maximum Gasteiger partial charge on any atom is 0.125 e. The van der Waals surface area contributed by atoms with Crippen molar-refractivity contribution >= 4 is 11.0 Å². The predicted molar refractivity (Wildman–Crippen MR) is 73.8 cm³/mol. The van der Waals surface area contributed by atoms with E-state index in [1.807, 2.05) is 41.9 Å². The van der Waals surface area contributed by atoms with Crippen LogP contribution in [0.25, 0.3) is 16.7 Å². The van der Waals surface area contributed by atoms with E-state index in [0.717, 1.165) is 22.3 Å². The Kier molecular flexibility index (Phi) is 3.01. The van der Waals surface area contributed by atoms with Crippen LogP contribution in [-0.4, -0.2) is 16.6 Å². The monoisotopic (exact) mass is 255 g/mol. The lowest BCUT2D eigenvalue weighted by molar-refractivity contribution is 0.622. The van der Waals surface area contributed by atoms with Crippen molar-refractivity contribution in [3.8, 4) is 5.69 Å². The van der Waals surface area contributed by atoms with Crippen molar-refractivity contribution < 1.29 is 4.39 Å². The molecule has 0 amide bonds. The molecule has 2 aromatic carbocycles. The maximum absolute atomic E-state index is 13.7. The van der Waals surface area contributed by atoms with E-state index < -0.39 is 0 Å². The average molecular weight is 255 g/mol. The number of halogens is 1. The Morgan fingerprint density at radius 1 is 1.21 bits per heavy atom. The van der Waals surface area contributed by atoms with E-state index in [4.69, 9.17) is 0 Å². The molecule has 0 aliphatic heterocycles. The van der Waals surface area contributed by atoms with Crippen molar-refractivity contribution in [1.29, 1.82) is 0 Å². The summed E-state index contributed by atoms with van der Waals surface area (Å²) in [4.78, 5) is 4.33. The minimum atomic E-state index is -0.236. The fourth-order valence-corrected chi connectivity index (χ4v) is 2.24. The first-order valence-electron chi connectivity index (χ1n) is 6.14. The molecule has 0 spiro atoms. The highest BCUT2D eigenvalue weighted by Gasteiger charge is 2.06. The van der Waals surface area contributed by atoms with E-state index in [2.05, 4.69) is 10.3 Å². The molecule has 0 radical (unpaired) electrons. The van der Waals surface area contributed by atoms with Gasteiger partial charge in [0.2, 0.25) is 0 Å². The van der Waals surface area contributed by atoms with Gasteiger partial charge >= 0.3 is 0 Å². The second-order valence-corrected chi connectivity index (χ2v) is 4.45. The van der Waals surface area contributed by atoms with E-state index >= 15 is 0 Å². The molecule has 0 aliphatic rings. The summed E-state index contributed by atoms with van der Waals surface area (Å²) in [5.74, 6) is -0.236. The summed E-state index contributed by atoms with van der Waals surface area (Å²) in [5, 5.41) is 3.03. The third-order valence-corrected chi connectivity index (χ3v) is 3.05. The second-order valence-electron chi connectivity index (χ2n) is 4.45. The lowest BCUT2D eigenvalue weighted by Gasteiger charge is -2.08. The average Bonchev–Trinajstić information content (AvgIpc) is 2.82. The van der Waals surface area contributed by atoms with E-state index in [9.17, 15) is 4.39 Å². The minimum Gasteiger partial charge on any atom is -0.316 e. The Labute approximate surface area is 110 Å². The van der Waals surface area contributed by atoms with Gasteiger partial charge in [0.1, 0.15) is 12.1 Å². The molecular weight excluding hydrogens is 241 g/mol. The van der Waals surface area contributed by atoms with Gasteiger partial charge in [-0.1, -0.05) is 12.1 Å².